The summed E-state index contributed by atoms with van der Waals surface area (Å²) < 4.78 is 0.900. The Hall–Kier alpha value is -4.41. The van der Waals surface area contributed by atoms with Crippen molar-refractivity contribution in [2.24, 2.45) is 5.73 Å². The molecule has 3 aromatic carbocycles. The molecule has 0 bridgehead atoms. The number of hydrogen-bond acceptors (Lipinski definition) is 5. The molecule has 9 nitrogen and oxygen atoms in total. The van der Waals surface area contributed by atoms with Crippen LogP contribution in [-0.4, -0.2) is 65.0 Å². The lowest BCUT2D eigenvalue weighted by Crippen LogP contribution is -2.90. The zero-order chi connectivity index (χ0) is 29.6. The molecule has 7 N–H and O–H groups in total. The van der Waals surface area contributed by atoms with E-state index in [-0.39, 0.29) is 35.9 Å². The van der Waals surface area contributed by atoms with Gasteiger partial charge in [-0.3, -0.25) is 25.5 Å². The van der Waals surface area contributed by atoms with Gasteiger partial charge >= 0.3 is 0 Å². The number of nitrogens with zero attached hydrogens (tertiary/aromatic N) is 2. The number of benzene rings is 3. The maximum absolute atomic E-state index is 13.8. The molecule has 42 heavy (non-hydrogen) atoms. The Kier molecular flexibility index (Phi) is 9.04. The average molecular weight is 585 g/mol. The molecule has 1 aliphatic heterocycles. The number of rotatable bonds is 11. The Labute approximate surface area is 248 Å². The standard InChI is InChI=1S/C32H34N6O3S/c1-35-25(19-20-8-3-2-4-9-20)32(41)38-17-7-11-26(38)30(40)36-24(18-21-13-15-22(16-14-21)29(33)34)28(39)31-37-23-10-5-6-12-27(23)42-31/h2-6,8-10,12-16,24-26,35H,7,11,17-19H2,1H3,(H3,33,34)(H,36,40)/p+2. The number of carbonyl (C=O) groups is 3. The summed E-state index contributed by atoms with van der Waals surface area (Å²) in [5.74, 6) is -0.457. The number of hydrogen-bond donors (Lipinski definition) is 4. The van der Waals surface area contributed by atoms with Crippen LogP contribution in [-0.2, 0) is 22.4 Å². The third kappa shape index (κ3) is 6.56. The first-order chi connectivity index (χ1) is 20.3. The molecule has 1 fully saturated rings. The molecule has 2 amide bonds. The van der Waals surface area contributed by atoms with Gasteiger partial charge in [-0.1, -0.05) is 54.6 Å². The van der Waals surface area contributed by atoms with E-state index < -0.39 is 12.1 Å². The summed E-state index contributed by atoms with van der Waals surface area (Å²) >= 11 is 1.31. The topological polar surface area (TPSA) is 148 Å². The van der Waals surface area contributed by atoms with Gasteiger partial charge in [0.25, 0.3) is 11.7 Å². The molecule has 0 saturated carbocycles. The minimum atomic E-state index is -0.862. The van der Waals surface area contributed by atoms with E-state index in [0.29, 0.717) is 30.0 Å². The van der Waals surface area contributed by atoms with Crippen LogP contribution in [0, 0.1) is 0 Å². The van der Waals surface area contributed by atoms with Crippen molar-refractivity contribution < 1.29 is 25.1 Å². The summed E-state index contributed by atoms with van der Waals surface area (Å²) in [6.45, 7) is 0.505. The molecule has 1 aromatic heterocycles. The number of likely N-dealkylation sites (N-methyl/N-ethyl adjacent to an activating group) is 1. The Morgan fingerprint density at radius 1 is 1.02 bits per heavy atom. The molecule has 216 valence electrons. The van der Waals surface area contributed by atoms with Crippen molar-refractivity contribution in [3.8, 4) is 0 Å². The molecule has 1 saturated heterocycles. The third-order valence-electron chi connectivity index (χ3n) is 7.72. The van der Waals surface area contributed by atoms with E-state index >= 15 is 0 Å². The van der Waals surface area contributed by atoms with E-state index in [2.05, 4.69) is 10.3 Å². The minimum Gasteiger partial charge on any atom is -0.344 e. The van der Waals surface area contributed by atoms with Gasteiger partial charge in [-0.05, 0) is 48.2 Å². The number of carbonyl (C=O) groups excluding carboxylic acids is 3. The van der Waals surface area contributed by atoms with E-state index in [9.17, 15) is 14.4 Å². The molecule has 3 atom stereocenters. The number of aromatic nitrogens is 1. The second-order valence-electron chi connectivity index (χ2n) is 10.6. The van der Waals surface area contributed by atoms with Crippen molar-refractivity contribution in [2.75, 3.05) is 13.6 Å². The number of para-hydroxylation sites is 1. The quantitative estimate of drug-likeness (QED) is 0.115. The molecular formula is C32H36N6O3S+2. The maximum Gasteiger partial charge on any atom is 0.281 e. The van der Waals surface area contributed by atoms with Crippen LogP contribution in [0.5, 0.6) is 0 Å². The van der Waals surface area contributed by atoms with E-state index in [0.717, 1.165) is 27.8 Å². The molecule has 1 aliphatic rings. The smallest absolute Gasteiger partial charge is 0.281 e. The van der Waals surface area contributed by atoms with Crippen LogP contribution >= 0.6 is 11.3 Å². The van der Waals surface area contributed by atoms with E-state index in [1.165, 1.54) is 11.3 Å². The van der Waals surface area contributed by atoms with Crippen LogP contribution < -0.4 is 21.8 Å². The zero-order valence-corrected chi connectivity index (χ0v) is 24.3. The molecule has 5 rings (SSSR count). The van der Waals surface area contributed by atoms with Gasteiger partial charge in [0.1, 0.15) is 6.04 Å². The predicted octanol–water partition coefficient (Wildman–Crippen LogP) is 0.466. The zero-order valence-electron chi connectivity index (χ0n) is 23.5. The number of ketones is 1. The lowest BCUT2D eigenvalue weighted by molar-refractivity contribution is -0.650. The van der Waals surface area contributed by atoms with Crippen molar-refractivity contribution in [1.82, 2.24) is 15.2 Å². The monoisotopic (exact) mass is 584 g/mol. The van der Waals surface area contributed by atoms with E-state index in [1.54, 1.807) is 17.0 Å². The number of nitrogens with one attached hydrogen (secondary N) is 1. The highest BCUT2D eigenvalue weighted by molar-refractivity contribution is 7.20. The molecule has 0 radical (unpaired) electrons. The predicted molar refractivity (Wildman–Crippen MR) is 163 cm³/mol. The fourth-order valence-corrected chi connectivity index (χ4v) is 6.36. The lowest BCUT2D eigenvalue weighted by Gasteiger charge is -2.28. The average Bonchev–Trinajstić information content (AvgIpc) is 3.67. The summed E-state index contributed by atoms with van der Waals surface area (Å²) in [6, 6.07) is 22.8. The number of likely N-dealkylation sites (tertiary alicyclic amines) is 1. The Morgan fingerprint density at radius 3 is 2.40 bits per heavy atom. The molecule has 4 aromatic rings. The molecule has 2 heterocycles. The van der Waals surface area contributed by atoms with Crippen LogP contribution in [0.3, 0.4) is 0 Å². The van der Waals surface area contributed by atoms with Gasteiger partial charge < -0.3 is 15.5 Å². The molecule has 3 unspecified atom stereocenters. The van der Waals surface area contributed by atoms with Crippen molar-refractivity contribution in [1.29, 1.82) is 0 Å². The van der Waals surface area contributed by atoms with Crippen molar-refractivity contribution in [3.05, 3.63) is 101 Å². The number of amidine groups is 1. The van der Waals surface area contributed by atoms with Gasteiger partial charge in [0.2, 0.25) is 11.7 Å². The SMILES string of the molecule is C[NH2+]C(Cc1ccccc1)C(=O)N1CCCC1C(=O)NC(Cc1ccc(C(N)=[NH2+])cc1)C(=O)c1nc2ccccc2s1. The van der Waals surface area contributed by atoms with Gasteiger partial charge in [0.05, 0.1) is 28.9 Å². The normalized spacial score (nSPS) is 16.2. The second kappa shape index (κ2) is 13.1. The summed E-state index contributed by atoms with van der Waals surface area (Å²) in [7, 11) is 1.88. The van der Waals surface area contributed by atoms with Crippen LogP contribution in [0.4, 0.5) is 0 Å². The van der Waals surface area contributed by atoms with Crippen LogP contribution in [0.25, 0.3) is 10.2 Å². The molecule has 10 heteroatoms. The van der Waals surface area contributed by atoms with Crippen LogP contribution in [0.15, 0.2) is 78.9 Å². The van der Waals surface area contributed by atoms with Gasteiger partial charge in [-0.15, -0.1) is 11.3 Å². The summed E-state index contributed by atoms with van der Waals surface area (Å²) in [5, 5.41) is 10.9. The Bertz CT molecular complexity index is 1550. The first-order valence-corrected chi connectivity index (χ1v) is 15.0. The number of Topliss-reactive ketones (excluding diaryl/α,β-unsaturated/α-hetero) is 1. The highest BCUT2D eigenvalue weighted by Gasteiger charge is 2.39. The second-order valence-corrected chi connectivity index (χ2v) is 11.6. The number of quaternary nitrogens is 1. The summed E-state index contributed by atoms with van der Waals surface area (Å²) in [5.41, 5.74) is 9.04. The fourth-order valence-electron chi connectivity index (χ4n) is 5.40. The highest BCUT2D eigenvalue weighted by Crippen LogP contribution is 2.24. The van der Waals surface area contributed by atoms with Crippen molar-refractivity contribution in [2.45, 2.75) is 43.8 Å². The number of thiazole rings is 1. The van der Waals surface area contributed by atoms with Gasteiger partial charge in [-0.25, -0.2) is 4.98 Å². The van der Waals surface area contributed by atoms with Crippen molar-refractivity contribution >= 4 is 45.0 Å². The van der Waals surface area contributed by atoms with Gasteiger partial charge in [0, 0.05) is 19.4 Å². The fraction of sp³-hybridized carbons (Fsp3) is 0.281. The Morgan fingerprint density at radius 2 is 1.71 bits per heavy atom. The van der Waals surface area contributed by atoms with Gasteiger partial charge in [0.15, 0.2) is 11.0 Å². The third-order valence-corrected chi connectivity index (χ3v) is 8.77. The molecule has 0 aliphatic carbocycles. The maximum atomic E-state index is 13.8. The van der Waals surface area contributed by atoms with Crippen LogP contribution in [0.1, 0.15) is 39.3 Å². The molecular weight excluding hydrogens is 548 g/mol. The lowest BCUT2D eigenvalue weighted by atomic mass is 10.00. The minimum absolute atomic E-state index is 0.0701. The van der Waals surface area contributed by atoms with Gasteiger partial charge in [-0.2, -0.15) is 0 Å². The van der Waals surface area contributed by atoms with Crippen molar-refractivity contribution in [3.63, 3.8) is 0 Å². The Balaban J connectivity index is 1.36. The van der Waals surface area contributed by atoms with E-state index in [1.807, 2.05) is 79.1 Å². The molecule has 0 spiro atoms. The van der Waals surface area contributed by atoms with Crippen LogP contribution in [0.2, 0.25) is 0 Å². The first-order valence-electron chi connectivity index (χ1n) is 14.1. The number of fused-ring (bicyclic) bond motifs is 1. The number of nitrogens with two attached hydrogens (primary N) is 3. The first kappa shape index (κ1) is 29.1. The summed E-state index contributed by atoms with van der Waals surface area (Å²) in [4.78, 5) is 47.4. The number of amides is 2. The largest absolute Gasteiger partial charge is 0.344 e. The van der Waals surface area contributed by atoms with E-state index in [4.69, 9.17) is 11.1 Å². The highest BCUT2D eigenvalue weighted by atomic mass is 32.1. The summed E-state index contributed by atoms with van der Waals surface area (Å²) in [6.07, 6.45) is 2.09.